The fourth-order valence-electron chi connectivity index (χ4n) is 3.42. The maximum atomic E-state index is 13.8. The summed E-state index contributed by atoms with van der Waals surface area (Å²) in [7, 11) is 0. The van der Waals surface area contributed by atoms with Gasteiger partial charge < -0.3 is 14.8 Å². The predicted octanol–water partition coefficient (Wildman–Crippen LogP) is 4.77. The third-order valence-electron chi connectivity index (χ3n) is 4.98. The molecule has 156 valence electrons. The predicted molar refractivity (Wildman–Crippen MR) is 112 cm³/mol. The summed E-state index contributed by atoms with van der Waals surface area (Å²) in [5.41, 5.74) is 1.14. The Balaban J connectivity index is 1.75. The van der Waals surface area contributed by atoms with Gasteiger partial charge in [0.25, 0.3) is 5.91 Å². The summed E-state index contributed by atoms with van der Waals surface area (Å²) < 4.78 is 25.2. The van der Waals surface area contributed by atoms with E-state index in [1.165, 1.54) is 12.1 Å². The monoisotopic (exact) mass is 408 g/mol. The lowest BCUT2D eigenvalue weighted by Gasteiger charge is -2.13. The van der Waals surface area contributed by atoms with Crippen LogP contribution in [0.5, 0.6) is 11.5 Å². The molecule has 6 heteroatoms. The third-order valence-corrected chi connectivity index (χ3v) is 4.98. The molecule has 3 rings (SSSR count). The Hall–Kier alpha value is -3.33. The zero-order valence-electron chi connectivity index (χ0n) is 17.0. The minimum atomic E-state index is -0.359. The van der Waals surface area contributed by atoms with E-state index in [4.69, 9.17) is 9.47 Å². The fourth-order valence-corrected chi connectivity index (χ4v) is 3.42. The average Bonchev–Trinajstić information content (AvgIpc) is 3.25. The van der Waals surface area contributed by atoms with Crippen LogP contribution < -0.4 is 14.8 Å². The smallest absolute Gasteiger partial charge is 0.262 e. The molecule has 0 aliphatic heterocycles. The summed E-state index contributed by atoms with van der Waals surface area (Å²) in [6, 6.07) is 13.7. The van der Waals surface area contributed by atoms with E-state index in [2.05, 4.69) is 5.32 Å². The minimum Gasteiger partial charge on any atom is -0.490 e. The normalized spacial score (nSPS) is 14.2. The zero-order chi connectivity index (χ0) is 21.3. The van der Waals surface area contributed by atoms with E-state index in [-0.39, 0.29) is 29.9 Å². The van der Waals surface area contributed by atoms with Crippen molar-refractivity contribution in [1.82, 2.24) is 5.32 Å². The van der Waals surface area contributed by atoms with Crippen molar-refractivity contribution in [2.75, 3.05) is 6.61 Å². The second-order valence-electron chi connectivity index (χ2n) is 7.14. The van der Waals surface area contributed by atoms with Crippen molar-refractivity contribution in [3.63, 3.8) is 0 Å². The van der Waals surface area contributed by atoms with Crippen LogP contribution in [0.3, 0.4) is 0 Å². The molecule has 1 aliphatic carbocycles. The molecule has 2 aromatic carbocycles. The molecule has 1 saturated carbocycles. The van der Waals surface area contributed by atoms with Gasteiger partial charge >= 0.3 is 0 Å². The first-order valence-corrected chi connectivity index (χ1v) is 10.2. The first-order valence-electron chi connectivity index (χ1n) is 10.2. The number of rotatable bonds is 8. The van der Waals surface area contributed by atoms with Gasteiger partial charge in [-0.3, -0.25) is 4.79 Å². The van der Waals surface area contributed by atoms with Crippen LogP contribution in [-0.2, 0) is 11.4 Å². The minimum absolute atomic E-state index is 0.0457. The number of benzene rings is 2. The van der Waals surface area contributed by atoms with Crippen molar-refractivity contribution in [2.24, 2.45) is 0 Å². The van der Waals surface area contributed by atoms with Gasteiger partial charge in [0, 0.05) is 11.6 Å². The van der Waals surface area contributed by atoms with Crippen molar-refractivity contribution in [1.29, 1.82) is 5.26 Å². The van der Waals surface area contributed by atoms with Gasteiger partial charge in [0.1, 0.15) is 24.1 Å². The van der Waals surface area contributed by atoms with Crippen LogP contribution >= 0.6 is 0 Å². The SMILES string of the molecule is CCOc1cc(/C=C(\C#N)C(=O)NC2CCCC2)ccc1OCc1ccccc1F. The van der Waals surface area contributed by atoms with Gasteiger partial charge in [-0.05, 0) is 49.6 Å². The highest BCUT2D eigenvalue weighted by molar-refractivity contribution is 6.01. The Kier molecular flexibility index (Phi) is 7.45. The number of hydrogen-bond acceptors (Lipinski definition) is 4. The lowest BCUT2D eigenvalue weighted by Crippen LogP contribution is -2.33. The van der Waals surface area contributed by atoms with E-state index in [0.29, 0.717) is 29.2 Å². The molecule has 0 radical (unpaired) electrons. The van der Waals surface area contributed by atoms with Gasteiger partial charge in [-0.2, -0.15) is 5.26 Å². The first kappa shape index (κ1) is 21.4. The largest absolute Gasteiger partial charge is 0.490 e. The maximum absolute atomic E-state index is 13.8. The number of halogens is 1. The third kappa shape index (κ3) is 5.60. The Morgan fingerprint density at radius 3 is 2.67 bits per heavy atom. The van der Waals surface area contributed by atoms with Crippen LogP contribution in [0, 0.1) is 17.1 Å². The quantitative estimate of drug-likeness (QED) is 0.505. The summed E-state index contributed by atoms with van der Waals surface area (Å²) in [4.78, 5) is 12.4. The van der Waals surface area contributed by atoms with Gasteiger partial charge in [0.05, 0.1) is 6.61 Å². The van der Waals surface area contributed by atoms with E-state index in [9.17, 15) is 14.4 Å². The van der Waals surface area contributed by atoms with Crippen LogP contribution in [0.25, 0.3) is 6.08 Å². The summed E-state index contributed by atoms with van der Waals surface area (Å²) in [5.74, 6) is 0.242. The highest BCUT2D eigenvalue weighted by Crippen LogP contribution is 2.30. The van der Waals surface area contributed by atoms with E-state index < -0.39 is 0 Å². The Morgan fingerprint density at radius 2 is 1.97 bits per heavy atom. The Morgan fingerprint density at radius 1 is 1.20 bits per heavy atom. The lowest BCUT2D eigenvalue weighted by atomic mass is 10.1. The Bertz CT molecular complexity index is 959. The molecule has 5 nitrogen and oxygen atoms in total. The molecule has 2 aromatic rings. The zero-order valence-corrected chi connectivity index (χ0v) is 17.0. The second kappa shape index (κ2) is 10.4. The molecule has 1 fully saturated rings. The second-order valence-corrected chi connectivity index (χ2v) is 7.14. The maximum Gasteiger partial charge on any atom is 0.262 e. The molecule has 1 N–H and O–H groups in total. The van der Waals surface area contributed by atoms with Crippen LogP contribution in [0.2, 0.25) is 0 Å². The molecule has 0 saturated heterocycles. The van der Waals surface area contributed by atoms with Gasteiger partial charge in [-0.25, -0.2) is 4.39 Å². The summed E-state index contributed by atoms with van der Waals surface area (Å²) in [6.07, 6.45) is 5.64. The van der Waals surface area contributed by atoms with Crippen molar-refractivity contribution in [3.8, 4) is 17.6 Å². The summed E-state index contributed by atoms with van der Waals surface area (Å²) in [6.45, 7) is 2.32. The molecule has 0 atom stereocenters. The lowest BCUT2D eigenvalue weighted by molar-refractivity contribution is -0.117. The number of nitrogens with one attached hydrogen (secondary N) is 1. The molecule has 30 heavy (non-hydrogen) atoms. The van der Waals surface area contributed by atoms with E-state index >= 15 is 0 Å². The van der Waals surface area contributed by atoms with E-state index in [1.807, 2.05) is 13.0 Å². The first-order chi connectivity index (χ1) is 14.6. The van der Waals surface area contributed by atoms with Crippen molar-refractivity contribution >= 4 is 12.0 Å². The highest BCUT2D eigenvalue weighted by Gasteiger charge is 2.19. The highest BCUT2D eigenvalue weighted by atomic mass is 19.1. The molecule has 0 unspecified atom stereocenters. The fraction of sp³-hybridized carbons (Fsp3) is 0.333. The topological polar surface area (TPSA) is 71.3 Å². The number of ether oxygens (including phenoxy) is 2. The number of amides is 1. The number of carbonyl (C=O) groups is 1. The molecule has 0 spiro atoms. The van der Waals surface area contributed by atoms with Gasteiger partial charge in [0.2, 0.25) is 0 Å². The summed E-state index contributed by atoms with van der Waals surface area (Å²) in [5, 5.41) is 12.3. The average molecular weight is 408 g/mol. The van der Waals surface area contributed by atoms with Gasteiger partial charge in [-0.1, -0.05) is 37.1 Å². The number of nitrogens with zero attached hydrogens (tertiary/aromatic N) is 1. The van der Waals surface area contributed by atoms with Gasteiger partial charge in [-0.15, -0.1) is 0 Å². The molecule has 0 aromatic heterocycles. The van der Waals surface area contributed by atoms with Crippen LogP contribution in [0.1, 0.15) is 43.7 Å². The molecule has 0 heterocycles. The number of nitriles is 1. The van der Waals surface area contributed by atoms with Crippen LogP contribution in [0.4, 0.5) is 4.39 Å². The molecular weight excluding hydrogens is 383 g/mol. The number of carbonyl (C=O) groups excluding carboxylic acids is 1. The molecule has 1 aliphatic rings. The van der Waals surface area contributed by atoms with Crippen molar-refractivity contribution in [2.45, 2.75) is 45.3 Å². The van der Waals surface area contributed by atoms with E-state index in [1.54, 1.807) is 36.4 Å². The van der Waals surface area contributed by atoms with Gasteiger partial charge in [0.15, 0.2) is 11.5 Å². The van der Waals surface area contributed by atoms with E-state index in [0.717, 1.165) is 25.7 Å². The molecule has 0 bridgehead atoms. The molecule has 1 amide bonds. The number of hydrogen-bond donors (Lipinski definition) is 1. The molecular formula is C24H25FN2O3. The Labute approximate surface area is 176 Å². The summed E-state index contributed by atoms with van der Waals surface area (Å²) >= 11 is 0. The standard InChI is InChI=1S/C24H25FN2O3/c1-2-29-23-14-17(13-19(15-26)24(28)27-20-8-4-5-9-20)11-12-22(23)30-16-18-7-3-6-10-21(18)25/h3,6-7,10-14,20H,2,4-5,8-9,16H2,1H3,(H,27,28)/b19-13+. The van der Waals surface area contributed by atoms with Crippen LogP contribution in [-0.4, -0.2) is 18.6 Å². The van der Waals surface area contributed by atoms with Crippen molar-refractivity contribution in [3.05, 3.63) is 65.0 Å². The van der Waals surface area contributed by atoms with Crippen molar-refractivity contribution < 1.29 is 18.7 Å². The van der Waals surface area contributed by atoms with Crippen LogP contribution in [0.15, 0.2) is 48.0 Å².